The summed E-state index contributed by atoms with van der Waals surface area (Å²) in [4.78, 5) is 0. The predicted octanol–water partition coefficient (Wildman–Crippen LogP) is 4.42. The quantitative estimate of drug-likeness (QED) is 0.852. The minimum atomic E-state index is 0.206. The van der Waals surface area contributed by atoms with E-state index < -0.39 is 0 Å². The lowest BCUT2D eigenvalue weighted by Gasteiger charge is -2.27. The molecule has 2 rings (SSSR count). The Labute approximate surface area is 122 Å². The summed E-state index contributed by atoms with van der Waals surface area (Å²) in [6.07, 6.45) is 2.12. The van der Waals surface area contributed by atoms with Crippen LogP contribution < -0.4 is 5.73 Å². The van der Waals surface area contributed by atoms with Crippen LogP contribution >= 0.6 is 0 Å². The van der Waals surface area contributed by atoms with E-state index in [0.717, 1.165) is 12.8 Å². The Hall–Kier alpha value is -1.60. The van der Waals surface area contributed by atoms with Gasteiger partial charge >= 0.3 is 0 Å². The molecule has 0 unspecified atom stereocenters. The third-order valence-electron chi connectivity index (χ3n) is 4.26. The lowest BCUT2D eigenvalue weighted by atomic mass is 9.78. The van der Waals surface area contributed by atoms with Gasteiger partial charge in [-0.1, -0.05) is 69.3 Å². The summed E-state index contributed by atoms with van der Waals surface area (Å²) in [5.41, 5.74) is 11.4. The van der Waals surface area contributed by atoms with Gasteiger partial charge in [-0.3, -0.25) is 0 Å². The smallest absolute Gasteiger partial charge is 0.0178 e. The molecule has 0 atom stereocenters. The molecule has 0 heterocycles. The number of hydrogen-bond donors (Lipinski definition) is 1. The number of hydrogen-bond acceptors (Lipinski definition) is 1. The molecule has 2 aromatic rings. The minimum Gasteiger partial charge on any atom is -0.326 e. The fourth-order valence-electron chi connectivity index (χ4n) is 2.59. The van der Waals surface area contributed by atoms with Gasteiger partial charge in [0.25, 0.3) is 0 Å². The van der Waals surface area contributed by atoms with E-state index in [1.54, 1.807) is 0 Å². The Kier molecular flexibility index (Phi) is 4.61. The van der Waals surface area contributed by atoms with Crippen molar-refractivity contribution in [3.05, 3.63) is 70.8 Å². The predicted molar refractivity (Wildman–Crippen MR) is 86.9 cm³/mol. The van der Waals surface area contributed by atoms with Crippen LogP contribution in [0.4, 0.5) is 0 Å². The molecule has 0 saturated carbocycles. The average Bonchev–Trinajstić information content (AvgIpc) is 2.48. The van der Waals surface area contributed by atoms with Crippen LogP contribution in [-0.2, 0) is 18.4 Å². The van der Waals surface area contributed by atoms with Crippen molar-refractivity contribution in [3.8, 4) is 0 Å². The molecular weight excluding hydrogens is 242 g/mol. The number of nitrogens with two attached hydrogens (primary N) is 1. The first kappa shape index (κ1) is 14.8. The van der Waals surface area contributed by atoms with Crippen LogP contribution in [0.5, 0.6) is 0 Å². The van der Waals surface area contributed by atoms with Gasteiger partial charge in [-0.2, -0.15) is 0 Å². The van der Waals surface area contributed by atoms with Crippen molar-refractivity contribution in [2.75, 3.05) is 0 Å². The number of rotatable bonds is 5. The molecule has 0 spiro atoms. The summed E-state index contributed by atoms with van der Waals surface area (Å²) in [6.45, 7) is 7.50. The summed E-state index contributed by atoms with van der Waals surface area (Å²) in [5.74, 6) is 0. The molecule has 0 aliphatic carbocycles. The van der Waals surface area contributed by atoms with Crippen LogP contribution in [-0.4, -0.2) is 0 Å². The van der Waals surface area contributed by atoms with Crippen molar-refractivity contribution in [1.29, 1.82) is 0 Å². The van der Waals surface area contributed by atoms with Gasteiger partial charge in [0.2, 0.25) is 0 Å². The van der Waals surface area contributed by atoms with Gasteiger partial charge < -0.3 is 5.73 Å². The summed E-state index contributed by atoms with van der Waals surface area (Å²) >= 11 is 0. The topological polar surface area (TPSA) is 26.0 Å². The van der Waals surface area contributed by atoms with Crippen LogP contribution in [0.2, 0.25) is 0 Å². The summed E-state index contributed by atoms with van der Waals surface area (Å²) in [7, 11) is 0. The highest BCUT2D eigenvalue weighted by Crippen LogP contribution is 2.31. The summed E-state index contributed by atoms with van der Waals surface area (Å²) in [6, 6.07) is 17.4. The van der Waals surface area contributed by atoms with Crippen LogP contribution in [0.25, 0.3) is 0 Å². The summed E-state index contributed by atoms with van der Waals surface area (Å²) < 4.78 is 0. The fraction of sp³-hybridized carbons (Fsp3) is 0.368. The Morgan fingerprint density at radius 2 is 1.65 bits per heavy atom. The van der Waals surface area contributed by atoms with E-state index >= 15 is 0 Å². The maximum atomic E-state index is 5.80. The zero-order valence-electron chi connectivity index (χ0n) is 12.8. The van der Waals surface area contributed by atoms with Gasteiger partial charge in [0.15, 0.2) is 0 Å². The van der Waals surface area contributed by atoms with Crippen molar-refractivity contribution in [1.82, 2.24) is 0 Å². The third kappa shape index (κ3) is 3.29. The second-order valence-electron chi connectivity index (χ2n) is 6.10. The molecule has 2 aromatic carbocycles. The van der Waals surface area contributed by atoms with E-state index in [2.05, 4.69) is 69.3 Å². The molecule has 20 heavy (non-hydrogen) atoms. The van der Waals surface area contributed by atoms with Gasteiger partial charge in [0, 0.05) is 6.54 Å². The molecule has 1 nitrogen and oxygen atoms in total. The zero-order valence-corrected chi connectivity index (χ0v) is 12.8. The van der Waals surface area contributed by atoms with E-state index in [1.165, 1.54) is 22.3 Å². The van der Waals surface area contributed by atoms with E-state index in [9.17, 15) is 0 Å². The molecule has 0 amide bonds. The molecule has 0 saturated heterocycles. The van der Waals surface area contributed by atoms with Crippen molar-refractivity contribution >= 4 is 0 Å². The largest absolute Gasteiger partial charge is 0.326 e. The van der Waals surface area contributed by atoms with Crippen molar-refractivity contribution in [2.24, 2.45) is 5.73 Å². The number of benzene rings is 2. The first-order valence-corrected chi connectivity index (χ1v) is 7.43. The second kappa shape index (κ2) is 6.23. The second-order valence-corrected chi connectivity index (χ2v) is 6.10. The molecular formula is C19H25N. The third-order valence-corrected chi connectivity index (χ3v) is 4.26. The normalized spacial score (nSPS) is 11.6. The van der Waals surface area contributed by atoms with Crippen LogP contribution in [0.3, 0.4) is 0 Å². The SMILES string of the molecule is CCC(C)(C)c1ccc(CN)cc1Cc1ccccc1. The Balaban J connectivity index is 2.43. The van der Waals surface area contributed by atoms with Crippen LogP contribution in [0, 0.1) is 0 Å². The molecule has 0 radical (unpaired) electrons. The molecule has 0 fully saturated rings. The Bertz CT molecular complexity index is 555. The minimum absolute atomic E-state index is 0.206. The van der Waals surface area contributed by atoms with E-state index in [4.69, 9.17) is 5.73 Å². The van der Waals surface area contributed by atoms with E-state index in [1.807, 2.05) is 0 Å². The highest BCUT2D eigenvalue weighted by Gasteiger charge is 2.21. The molecule has 0 aromatic heterocycles. The zero-order chi connectivity index (χ0) is 14.6. The monoisotopic (exact) mass is 267 g/mol. The van der Waals surface area contributed by atoms with Crippen LogP contribution in [0.15, 0.2) is 48.5 Å². The lowest BCUT2D eigenvalue weighted by molar-refractivity contribution is 0.502. The van der Waals surface area contributed by atoms with Gasteiger partial charge in [-0.15, -0.1) is 0 Å². The van der Waals surface area contributed by atoms with Crippen molar-refractivity contribution in [3.63, 3.8) is 0 Å². The molecule has 0 aliphatic heterocycles. The Morgan fingerprint density at radius 1 is 0.950 bits per heavy atom. The maximum absolute atomic E-state index is 5.80. The Morgan fingerprint density at radius 3 is 2.25 bits per heavy atom. The summed E-state index contributed by atoms with van der Waals surface area (Å²) in [5, 5.41) is 0. The van der Waals surface area contributed by atoms with Crippen LogP contribution in [0.1, 0.15) is 49.4 Å². The van der Waals surface area contributed by atoms with Crippen molar-refractivity contribution in [2.45, 2.75) is 45.6 Å². The molecule has 2 N–H and O–H groups in total. The molecule has 1 heteroatoms. The highest BCUT2D eigenvalue weighted by molar-refractivity contribution is 5.40. The molecule has 0 aliphatic rings. The standard InChI is InChI=1S/C19H25N/c1-4-19(2,3)18-11-10-16(14-20)13-17(18)12-15-8-6-5-7-9-15/h5-11,13H,4,12,14,20H2,1-3H3. The van der Waals surface area contributed by atoms with Gasteiger partial charge in [0.05, 0.1) is 0 Å². The van der Waals surface area contributed by atoms with E-state index in [-0.39, 0.29) is 5.41 Å². The highest BCUT2D eigenvalue weighted by atomic mass is 14.5. The van der Waals surface area contributed by atoms with Gasteiger partial charge in [-0.05, 0) is 40.5 Å². The fourth-order valence-corrected chi connectivity index (χ4v) is 2.59. The maximum Gasteiger partial charge on any atom is 0.0178 e. The van der Waals surface area contributed by atoms with E-state index in [0.29, 0.717) is 6.54 Å². The molecule has 0 bridgehead atoms. The molecule has 106 valence electrons. The van der Waals surface area contributed by atoms with Crippen molar-refractivity contribution < 1.29 is 0 Å². The first-order valence-electron chi connectivity index (χ1n) is 7.43. The van der Waals surface area contributed by atoms with Gasteiger partial charge in [-0.25, -0.2) is 0 Å². The average molecular weight is 267 g/mol. The van der Waals surface area contributed by atoms with Gasteiger partial charge in [0.1, 0.15) is 0 Å². The first-order chi connectivity index (χ1) is 9.56. The lowest BCUT2D eigenvalue weighted by Crippen LogP contribution is -2.18.